The van der Waals surface area contributed by atoms with Crippen LogP contribution in [-0.2, 0) is 15.1 Å². The van der Waals surface area contributed by atoms with E-state index in [0.717, 1.165) is 37.1 Å². The maximum Gasteiger partial charge on any atom is 0.167 e. The highest BCUT2D eigenvalue weighted by molar-refractivity contribution is 14.1. The molecule has 0 saturated carbocycles. The minimum absolute atomic E-state index is 0.119. The first kappa shape index (κ1) is 31.9. The molecule has 6 rings (SSSR count). The zero-order chi connectivity index (χ0) is 32.3. The fraction of sp³-hybridized carbons (Fsp3) is 0.286. The molecule has 1 saturated heterocycles. The fourth-order valence-corrected chi connectivity index (χ4v) is 6.61. The van der Waals surface area contributed by atoms with E-state index in [1.165, 1.54) is 6.33 Å². The molecule has 1 fully saturated rings. The molecule has 46 heavy (non-hydrogen) atoms. The van der Waals surface area contributed by atoms with E-state index in [1.54, 1.807) is 20.6 Å². The van der Waals surface area contributed by atoms with Crippen molar-refractivity contribution in [3.8, 4) is 11.5 Å². The van der Waals surface area contributed by atoms with Gasteiger partial charge in [-0.15, -0.1) is 0 Å². The zero-order valence-electron chi connectivity index (χ0n) is 26.1. The maximum absolute atomic E-state index is 11.3. The van der Waals surface area contributed by atoms with Crippen molar-refractivity contribution in [1.29, 1.82) is 0 Å². The van der Waals surface area contributed by atoms with Crippen molar-refractivity contribution in [2.45, 2.75) is 30.5 Å². The second kappa shape index (κ2) is 13.8. The summed E-state index contributed by atoms with van der Waals surface area (Å²) in [4.78, 5) is 15.3. The SMILES string of the molecule is COc1ccc(C(OC[C@H]2O[C@H](n3cc(I)c4c(N=CN(C)C)ncnc43)C[C@@H]2O)(c2ccccc2)c2ccc(OC)cc2)cc1. The lowest BCUT2D eigenvalue weighted by atomic mass is 9.80. The summed E-state index contributed by atoms with van der Waals surface area (Å²) in [7, 11) is 7.11. The molecule has 11 heteroatoms. The van der Waals surface area contributed by atoms with E-state index in [9.17, 15) is 5.11 Å². The number of aromatic nitrogens is 3. The van der Waals surface area contributed by atoms with Gasteiger partial charge in [0.2, 0.25) is 0 Å². The molecule has 238 valence electrons. The van der Waals surface area contributed by atoms with Gasteiger partial charge in [-0.25, -0.2) is 15.0 Å². The van der Waals surface area contributed by atoms with Crippen molar-refractivity contribution in [1.82, 2.24) is 19.4 Å². The van der Waals surface area contributed by atoms with Crippen LogP contribution in [0.4, 0.5) is 5.82 Å². The van der Waals surface area contributed by atoms with Gasteiger partial charge in [0.15, 0.2) is 5.82 Å². The predicted octanol–water partition coefficient (Wildman–Crippen LogP) is 5.93. The Bertz CT molecular complexity index is 1750. The summed E-state index contributed by atoms with van der Waals surface area (Å²) >= 11 is 2.27. The summed E-state index contributed by atoms with van der Waals surface area (Å²) in [6.07, 6.45) is 3.73. The number of ether oxygens (including phenoxy) is 4. The average Bonchev–Trinajstić information content (AvgIpc) is 3.64. The molecule has 0 radical (unpaired) electrons. The molecule has 0 spiro atoms. The highest BCUT2D eigenvalue weighted by Crippen LogP contribution is 2.43. The Morgan fingerprint density at radius 1 is 0.957 bits per heavy atom. The van der Waals surface area contributed by atoms with Gasteiger partial charge in [-0.05, 0) is 63.5 Å². The molecule has 10 nitrogen and oxygen atoms in total. The molecule has 0 amide bonds. The number of aliphatic hydroxyl groups excluding tert-OH is 1. The Hall–Kier alpha value is -4.04. The summed E-state index contributed by atoms with van der Waals surface area (Å²) in [6.45, 7) is 0.119. The molecule has 2 aromatic heterocycles. The highest BCUT2D eigenvalue weighted by Gasteiger charge is 2.42. The number of halogens is 1. The molecule has 3 heterocycles. The zero-order valence-corrected chi connectivity index (χ0v) is 28.2. The lowest BCUT2D eigenvalue weighted by molar-refractivity contribution is -0.0930. The van der Waals surface area contributed by atoms with Gasteiger partial charge in [0, 0.05) is 30.3 Å². The monoisotopic (exact) mass is 733 g/mol. The number of aliphatic imine (C=N–C) groups is 1. The molecule has 3 aromatic carbocycles. The summed E-state index contributed by atoms with van der Waals surface area (Å²) in [5.74, 6) is 2.06. The maximum atomic E-state index is 11.3. The van der Waals surface area contributed by atoms with Gasteiger partial charge in [-0.1, -0.05) is 54.6 Å². The normalized spacial score (nSPS) is 18.3. The van der Waals surface area contributed by atoms with Gasteiger partial charge in [-0.2, -0.15) is 0 Å². The number of rotatable bonds is 11. The standard InChI is InChI=1S/C35H36IN5O5/c1-40(2)22-39-33-32-28(36)19-41(34(32)38-21-37-33)31-18-29(42)30(46-31)20-45-35(23-8-6-5-7-9-23,24-10-14-26(43-3)15-11-24)25-12-16-27(44-4)17-13-25/h5-17,19,21-22,29-31,42H,18,20H2,1-4H3/t29-,30+,31-/m0/s1. The van der Waals surface area contributed by atoms with Crippen LogP contribution >= 0.6 is 22.6 Å². The van der Waals surface area contributed by atoms with Crippen LogP contribution < -0.4 is 9.47 Å². The summed E-state index contributed by atoms with van der Waals surface area (Å²) < 4.78 is 27.4. The Morgan fingerprint density at radius 3 is 2.15 bits per heavy atom. The third-order valence-corrected chi connectivity index (χ3v) is 8.92. The largest absolute Gasteiger partial charge is 0.497 e. The predicted molar refractivity (Wildman–Crippen MR) is 185 cm³/mol. The van der Waals surface area contributed by atoms with Crippen LogP contribution in [0.5, 0.6) is 11.5 Å². The van der Waals surface area contributed by atoms with Crippen molar-refractivity contribution in [2.24, 2.45) is 4.99 Å². The lowest BCUT2D eigenvalue weighted by Gasteiger charge is -2.37. The lowest BCUT2D eigenvalue weighted by Crippen LogP contribution is -2.38. The van der Waals surface area contributed by atoms with Crippen molar-refractivity contribution in [3.63, 3.8) is 0 Å². The minimum atomic E-state index is -1.02. The Labute approximate surface area is 281 Å². The summed E-state index contributed by atoms with van der Waals surface area (Å²) in [5, 5.41) is 12.2. The van der Waals surface area contributed by atoms with Crippen molar-refractivity contribution in [2.75, 3.05) is 34.9 Å². The van der Waals surface area contributed by atoms with Crippen molar-refractivity contribution >= 4 is 45.8 Å². The third kappa shape index (κ3) is 6.19. The molecule has 0 aliphatic carbocycles. The molecular weight excluding hydrogens is 697 g/mol. The first-order valence-corrected chi connectivity index (χ1v) is 16.0. The van der Waals surface area contributed by atoms with E-state index < -0.39 is 24.0 Å². The van der Waals surface area contributed by atoms with Crippen LogP contribution in [0.1, 0.15) is 29.3 Å². The molecule has 0 unspecified atom stereocenters. The van der Waals surface area contributed by atoms with Gasteiger partial charge in [0.1, 0.15) is 41.4 Å². The second-order valence-corrected chi connectivity index (χ2v) is 12.4. The molecule has 1 aliphatic heterocycles. The number of aliphatic hydroxyl groups is 1. The Morgan fingerprint density at radius 2 is 1.57 bits per heavy atom. The van der Waals surface area contributed by atoms with Crippen LogP contribution in [0.15, 0.2) is 96.4 Å². The quantitative estimate of drug-likeness (QED) is 0.0772. The molecule has 1 aliphatic rings. The van der Waals surface area contributed by atoms with Crippen LogP contribution in [-0.4, -0.2) is 78.0 Å². The number of hydrogen-bond donors (Lipinski definition) is 1. The molecule has 1 N–H and O–H groups in total. The highest BCUT2D eigenvalue weighted by atomic mass is 127. The van der Waals surface area contributed by atoms with E-state index >= 15 is 0 Å². The smallest absolute Gasteiger partial charge is 0.167 e. The fourth-order valence-electron chi connectivity index (χ4n) is 5.83. The van der Waals surface area contributed by atoms with Crippen LogP contribution in [0, 0.1) is 3.57 Å². The number of hydrogen-bond acceptors (Lipinski definition) is 8. The molecule has 0 bridgehead atoms. The number of fused-ring (bicyclic) bond motifs is 1. The summed E-state index contributed by atoms with van der Waals surface area (Å²) in [6, 6.07) is 25.8. The first-order valence-electron chi connectivity index (χ1n) is 14.9. The number of benzene rings is 3. The van der Waals surface area contributed by atoms with E-state index in [4.69, 9.17) is 18.9 Å². The van der Waals surface area contributed by atoms with Crippen molar-refractivity contribution in [3.05, 3.63) is 112 Å². The van der Waals surface area contributed by atoms with Crippen LogP contribution in [0.2, 0.25) is 0 Å². The van der Waals surface area contributed by atoms with Gasteiger partial charge < -0.3 is 33.5 Å². The average molecular weight is 734 g/mol. The first-order chi connectivity index (χ1) is 22.3. The van der Waals surface area contributed by atoms with Gasteiger partial charge >= 0.3 is 0 Å². The Balaban J connectivity index is 1.35. The summed E-state index contributed by atoms with van der Waals surface area (Å²) in [5.41, 5.74) is 2.41. The number of nitrogens with zero attached hydrogens (tertiary/aromatic N) is 5. The second-order valence-electron chi connectivity index (χ2n) is 11.2. The van der Waals surface area contributed by atoms with Crippen molar-refractivity contribution < 1.29 is 24.1 Å². The topological polar surface area (TPSA) is 103 Å². The molecule has 3 atom stereocenters. The third-order valence-electron chi connectivity index (χ3n) is 8.11. The molecule has 5 aromatic rings. The van der Waals surface area contributed by atoms with E-state index in [-0.39, 0.29) is 6.61 Å². The minimum Gasteiger partial charge on any atom is -0.497 e. The van der Waals surface area contributed by atoms with E-state index in [0.29, 0.717) is 17.9 Å². The Kier molecular flexibility index (Phi) is 9.54. The number of methoxy groups -OCH3 is 2. The van der Waals surface area contributed by atoms with Crippen LogP contribution in [0.25, 0.3) is 11.0 Å². The molecular formula is C35H36IN5O5. The van der Waals surface area contributed by atoms with Gasteiger partial charge in [0.25, 0.3) is 0 Å². The van der Waals surface area contributed by atoms with Gasteiger partial charge in [0.05, 0.1) is 38.7 Å². The van der Waals surface area contributed by atoms with Crippen LogP contribution in [0.3, 0.4) is 0 Å². The van der Waals surface area contributed by atoms with Gasteiger partial charge in [-0.3, -0.25) is 0 Å². The van der Waals surface area contributed by atoms with E-state index in [2.05, 4.69) is 37.6 Å². The van der Waals surface area contributed by atoms with E-state index in [1.807, 2.05) is 109 Å².